The van der Waals surface area contributed by atoms with E-state index in [9.17, 15) is 18.0 Å². The van der Waals surface area contributed by atoms with Gasteiger partial charge in [0.15, 0.2) is 9.84 Å². The highest BCUT2D eigenvalue weighted by molar-refractivity contribution is 7.90. The Bertz CT molecular complexity index is 1440. The van der Waals surface area contributed by atoms with Crippen LogP contribution >= 0.6 is 0 Å². The van der Waals surface area contributed by atoms with Gasteiger partial charge < -0.3 is 19.0 Å². The Balaban J connectivity index is 2.29. The number of pyridine rings is 1. The molecule has 1 N–H and O–H groups in total. The lowest BCUT2D eigenvalue weighted by Crippen LogP contribution is -2.22. The largest absolute Gasteiger partial charge is 0.461 e. The molecule has 2 aromatic heterocycles. The maximum Gasteiger partial charge on any atom is 0.354 e. The van der Waals surface area contributed by atoms with Crippen molar-refractivity contribution in [1.82, 2.24) is 9.55 Å². The molecule has 2 heterocycles. The van der Waals surface area contributed by atoms with E-state index in [-0.39, 0.29) is 40.6 Å². The van der Waals surface area contributed by atoms with Crippen LogP contribution in [-0.2, 0) is 26.0 Å². The lowest BCUT2D eigenvalue weighted by molar-refractivity contribution is 0.0519. The van der Waals surface area contributed by atoms with Gasteiger partial charge in [-0.2, -0.15) is 0 Å². The molecule has 0 saturated carbocycles. The van der Waals surface area contributed by atoms with Crippen molar-refractivity contribution < 1.29 is 27.1 Å². The Kier molecular flexibility index (Phi) is 7.73. The van der Waals surface area contributed by atoms with Crippen molar-refractivity contribution >= 4 is 34.7 Å². The van der Waals surface area contributed by atoms with Gasteiger partial charge in [-0.25, -0.2) is 17.6 Å². The first-order chi connectivity index (χ1) is 16.2. The number of aromatic nitrogens is 2. The van der Waals surface area contributed by atoms with Crippen LogP contribution in [0.4, 0.5) is 4.39 Å². The number of rotatable bonds is 9. The summed E-state index contributed by atoms with van der Waals surface area (Å²) >= 11 is 0. The maximum atomic E-state index is 15.2. The summed E-state index contributed by atoms with van der Waals surface area (Å²) in [4.78, 5) is 27.8. The summed E-state index contributed by atoms with van der Waals surface area (Å²) in [5, 5.41) is 0.554. The Morgan fingerprint density at radius 1 is 1.20 bits per heavy atom. The number of ether oxygens (including phenoxy) is 2. The first-order valence-electron chi connectivity index (χ1n) is 11.3. The maximum absolute atomic E-state index is 15.2. The SMILES string of the molecule is CCOC(=O)c1cc2c(-c3cc(S(C)(=O)=O)ccc3F)n(COCC[Si](C)(C)C)c(C)c2c(=O)[nH]1. The summed E-state index contributed by atoms with van der Waals surface area (Å²) in [7, 11) is -4.99. The van der Waals surface area contributed by atoms with Crippen molar-refractivity contribution in [3.05, 3.63) is 51.8 Å². The average molecular weight is 523 g/mol. The normalized spacial score (nSPS) is 12.3. The minimum atomic E-state index is -3.63. The van der Waals surface area contributed by atoms with Crippen LogP contribution < -0.4 is 5.56 Å². The number of aryl methyl sites for hydroxylation is 1. The van der Waals surface area contributed by atoms with Crippen LogP contribution in [0.25, 0.3) is 22.0 Å². The molecule has 35 heavy (non-hydrogen) atoms. The molecule has 0 amide bonds. The van der Waals surface area contributed by atoms with Gasteiger partial charge in [-0.05, 0) is 44.2 Å². The molecule has 0 aliphatic rings. The third-order valence-corrected chi connectivity index (χ3v) is 8.47. The summed E-state index contributed by atoms with van der Waals surface area (Å²) in [6.07, 6.45) is 1.04. The number of hydrogen-bond acceptors (Lipinski definition) is 6. The molecule has 190 valence electrons. The fraction of sp³-hybridized carbons (Fsp3) is 0.417. The van der Waals surface area contributed by atoms with Crippen LogP contribution in [0.15, 0.2) is 34.0 Å². The number of halogens is 1. The Labute approximate surface area is 205 Å². The topological polar surface area (TPSA) is 107 Å². The zero-order valence-electron chi connectivity index (χ0n) is 20.8. The quantitative estimate of drug-likeness (QED) is 0.194. The van der Waals surface area contributed by atoms with Crippen molar-refractivity contribution in [1.29, 1.82) is 0 Å². The molecule has 0 bridgehead atoms. The predicted molar refractivity (Wildman–Crippen MR) is 136 cm³/mol. The number of fused-ring (bicyclic) bond motifs is 1. The average Bonchev–Trinajstić information content (AvgIpc) is 3.02. The fourth-order valence-corrected chi connectivity index (χ4v) is 5.18. The van der Waals surface area contributed by atoms with Crippen LogP contribution in [0, 0.1) is 12.7 Å². The minimum absolute atomic E-state index is 0.0137. The van der Waals surface area contributed by atoms with Gasteiger partial charge in [-0.15, -0.1) is 0 Å². The number of sulfone groups is 1. The van der Waals surface area contributed by atoms with Crippen LogP contribution in [-0.4, -0.2) is 51.5 Å². The van der Waals surface area contributed by atoms with E-state index in [0.29, 0.717) is 17.7 Å². The molecule has 0 aliphatic carbocycles. The lowest BCUT2D eigenvalue weighted by atomic mass is 10.1. The van der Waals surface area contributed by atoms with Crippen LogP contribution in [0.1, 0.15) is 23.1 Å². The van der Waals surface area contributed by atoms with Crippen molar-refractivity contribution in [2.45, 2.75) is 51.2 Å². The molecule has 8 nitrogen and oxygen atoms in total. The summed E-state index contributed by atoms with van der Waals surface area (Å²) in [5.41, 5.74) is 0.126. The van der Waals surface area contributed by atoms with Gasteiger partial charge in [0, 0.05) is 37.6 Å². The number of H-pyrrole nitrogens is 1. The number of aromatic amines is 1. The predicted octanol–water partition coefficient (Wildman–Crippen LogP) is 4.34. The van der Waals surface area contributed by atoms with Gasteiger partial charge in [0.1, 0.15) is 18.2 Å². The van der Waals surface area contributed by atoms with Crippen molar-refractivity contribution in [2.75, 3.05) is 19.5 Å². The van der Waals surface area contributed by atoms with Crippen LogP contribution in [0.3, 0.4) is 0 Å². The molecule has 1 aromatic carbocycles. The minimum Gasteiger partial charge on any atom is -0.461 e. The Hall–Kier alpha value is -2.76. The molecule has 0 spiro atoms. The standard InChI is InChI=1S/C24H31FN2O6SSi/c1-7-33-24(29)20-13-18-21(23(28)26-20)15(2)27(14-32-10-11-35(4,5)6)22(18)17-12-16(34(3,30)31)8-9-19(17)25/h8-9,12-13H,7,10-11,14H2,1-6H3,(H,26,28). The van der Waals surface area contributed by atoms with E-state index >= 15 is 4.39 Å². The van der Waals surface area contributed by atoms with E-state index in [2.05, 4.69) is 24.6 Å². The van der Waals surface area contributed by atoms with E-state index in [0.717, 1.165) is 18.4 Å². The Morgan fingerprint density at radius 3 is 2.49 bits per heavy atom. The highest BCUT2D eigenvalue weighted by Gasteiger charge is 2.24. The van der Waals surface area contributed by atoms with Crippen LogP contribution in [0.5, 0.6) is 0 Å². The highest BCUT2D eigenvalue weighted by Crippen LogP contribution is 2.35. The molecule has 0 saturated heterocycles. The monoisotopic (exact) mass is 522 g/mol. The molecule has 3 aromatic rings. The van der Waals surface area contributed by atoms with Crippen LogP contribution in [0.2, 0.25) is 25.7 Å². The summed E-state index contributed by atoms with van der Waals surface area (Å²) in [5.74, 6) is -1.39. The third-order valence-electron chi connectivity index (χ3n) is 5.66. The summed E-state index contributed by atoms with van der Waals surface area (Å²) < 4.78 is 52.1. The zero-order valence-corrected chi connectivity index (χ0v) is 22.6. The first kappa shape index (κ1) is 26.8. The smallest absolute Gasteiger partial charge is 0.354 e. The van der Waals surface area contributed by atoms with Gasteiger partial charge in [-0.1, -0.05) is 19.6 Å². The van der Waals surface area contributed by atoms with E-state index in [1.807, 2.05) is 0 Å². The number of nitrogens with one attached hydrogen (secondary N) is 1. The van der Waals surface area contributed by atoms with E-state index in [1.165, 1.54) is 18.2 Å². The number of benzene rings is 1. The molecule has 0 aliphatic heterocycles. The van der Waals surface area contributed by atoms with Gasteiger partial charge in [0.2, 0.25) is 0 Å². The highest BCUT2D eigenvalue weighted by atomic mass is 32.2. The van der Waals surface area contributed by atoms with E-state index in [4.69, 9.17) is 9.47 Å². The first-order valence-corrected chi connectivity index (χ1v) is 16.9. The number of carbonyl (C=O) groups is 1. The number of esters is 1. The Morgan fingerprint density at radius 2 is 1.89 bits per heavy atom. The van der Waals surface area contributed by atoms with Gasteiger partial charge in [-0.3, -0.25) is 4.79 Å². The van der Waals surface area contributed by atoms with Gasteiger partial charge >= 0.3 is 5.97 Å². The zero-order chi connectivity index (χ0) is 26.1. The fourth-order valence-electron chi connectivity index (χ4n) is 3.78. The molecular formula is C24H31FN2O6SSi. The van der Waals surface area contributed by atoms with Crippen molar-refractivity contribution in [3.8, 4) is 11.3 Å². The number of hydrogen-bond donors (Lipinski definition) is 1. The number of carbonyl (C=O) groups excluding carboxylic acids is 1. The molecule has 3 rings (SSSR count). The third kappa shape index (κ3) is 5.91. The molecular weight excluding hydrogens is 491 g/mol. The molecule has 0 unspecified atom stereocenters. The van der Waals surface area contributed by atoms with E-state index < -0.39 is 35.3 Å². The summed E-state index contributed by atoms with van der Waals surface area (Å²) in [6, 6.07) is 5.85. The van der Waals surface area contributed by atoms with Crippen molar-refractivity contribution in [3.63, 3.8) is 0 Å². The molecule has 0 radical (unpaired) electrons. The second-order valence-electron chi connectivity index (χ2n) is 9.65. The molecule has 0 fully saturated rings. The van der Waals surface area contributed by atoms with E-state index in [1.54, 1.807) is 18.4 Å². The van der Waals surface area contributed by atoms with Gasteiger partial charge in [0.05, 0.1) is 22.6 Å². The molecule has 0 atom stereocenters. The molecule has 11 heteroatoms. The van der Waals surface area contributed by atoms with Crippen molar-refractivity contribution in [2.24, 2.45) is 0 Å². The second-order valence-corrected chi connectivity index (χ2v) is 17.3. The second kappa shape index (κ2) is 10.1. The lowest BCUT2D eigenvalue weighted by Gasteiger charge is -2.17. The summed E-state index contributed by atoms with van der Waals surface area (Å²) in [6.45, 7) is 10.6. The van der Waals surface area contributed by atoms with Gasteiger partial charge in [0.25, 0.3) is 5.56 Å². The number of nitrogens with zero attached hydrogens (tertiary/aromatic N) is 1.